The second kappa shape index (κ2) is 12.3. The minimum Gasteiger partial charge on any atom is -0.330 e. The van der Waals surface area contributed by atoms with Gasteiger partial charge in [0.25, 0.3) is 11.5 Å². The van der Waals surface area contributed by atoms with E-state index < -0.39 is 6.04 Å². The normalized spacial score (nSPS) is 11.8. The molecular weight excluding hydrogens is 448 g/mol. The van der Waals surface area contributed by atoms with Crippen molar-refractivity contribution in [1.82, 2.24) is 14.5 Å². The summed E-state index contributed by atoms with van der Waals surface area (Å²) in [6.07, 6.45) is 3.71. The molecule has 2 N–H and O–H groups in total. The molecule has 0 spiro atoms. The summed E-state index contributed by atoms with van der Waals surface area (Å²) < 4.78 is 1.67. The average Bonchev–Trinajstić information content (AvgIpc) is 2.88. The first-order chi connectivity index (χ1) is 17.3. The molecular formula is C30H36N4O2. The van der Waals surface area contributed by atoms with E-state index in [1.807, 2.05) is 80.3 Å². The van der Waals surface area contributed by atoms with Crippen molar-refractivity contribution in [1.29, 1.82) is 0 Å². The maximum Gasteiger partial charge on any atom is 0.261 e. The van der Waals surface area contributed by atoms with Crippen molar-refractivity contribution in [2.45, 2.75) is 39.8 Å². The van der Waals surface area contributed by atoms with Gasteiger partial charge < -0.3 is 10.6 Å². The van der Waals surface area contributed by atoms with E-state index in [0.29, 0.717) is 48.7 Å². The highest BCUT2D eigenvalue weighted by Crippen LogP contribution is 2.30. The number of nitrogens with two attached hydrogens (primary N) is 1. The van der Waals surface area contributed by atoms with Crippen molar-refractivity contribution in [3.05, 3.63) is 112 Å². The molecule has 0 unspecified atom stereocenters. The second-order valence-corrected chi connectivity index (χ2v) is 9.25. The summed E-state index contributed by atoms with van der Waals surface area (Å²) in [5.41, 5.74) is 9.13. The highest BCUT2D eigenvalue weighted by molar-refractivity contribution is 5.94. The van der Waals surface area contributed by atoms with E-state index in [1.165, 1.54) is 6.08 Å². The molecule has 36 heavy (non-hydrogen) atoms. The van der Waals surface area contributed by atoms with Crippen LogP contribution in [0.3, 0.4) is 0 Å². The van der Waals surface area contributed by atoms with Crippen LogP contribution >= 0.6 is 0 Å². The quantitative estimate of drug-likeness (QED) is 0.412. The van der Waals surface area contributed by atoms with Crippen molar-refractivity contribution < 1.29 is 4.79 Å². The van der Waals surface area contributed by atoms with Gasteiger partial charge in [-0.1, -0.05) is 81.1 Å². The number of benzene rings is 2. The zero-order chi connectivity index (χ0) is 26.2. The van der Waals surface area contributed by atoms with Crippen LogP contribution in [0.2, 0.25) is 0 Å². The Labute approximate surface area is 213 Å². The van der Waals surface area contributed by atoms with Crippen LogP contribution < -0.4 is 11.3 Å². The molecule has 0 fully saturated rings. The highest BCUT2D eigenvalue weighted by Gasteiger charge is 2.33. The zero-order valence-electron chi connectivity index (χ0n) is 21.5. The molecule has 6 heteroatoms. The summed E-state index contributed by atoms with van der Waals surface area (Å²) in [6, 6.07) is 16.8. The Morgan fingerprint density at radius 3 is 2.31 bits per heavy atom. The van der Waals surface area contributed by atoms with Gasteiger partial charge >= 0.3 is 0 Å². The fourth-order valence-corrected chi connectivity index (χ4v) is 4.38. The lowest BCUT2D eigenvalue weighted by molar-refractivity contribution is 0.0602. The molecule has 3 rings (SSSR count). The number of carbonyl (C=O) groups is 1. The molecule has 0 saturated carbocycles. The van der Waals surface area contributed by atoms with Gasteiger partial charge in [0.15, 0.2) is 0 Å². The van der Waals surface area contributed by atoms with Crippen LogP contribution in [0.15, 0.2) is 72.5 Å². The number of aryl methyl sites for hydroxylation is 1. The minimum absolute atomic E-state index is 0.0293. The molecule has 6 nitrogen and oxygen atoms in total. The van der Waals surface area contributed by atoms with Gasteiger partial charge in [0.1, 0.15) is 5.82 Å². The Morgan fingerprint density at radius 2 is 1.75 bits per heavy atom. The lowest BCUT2D eigenvalue weighted by atomic mass is 9.98. The van der Waals surface area contributed by atoms with Gasteiger partial charge in [-0.2, -0.15) is 0 Å². The Hall–Kier alpha value is -3.77. The topological polar surface area (TPSA) is 81.2 Å². The van der Waals surface area contributed by atoms with Crippen LogP contribution in [-0.2, 0) is 6.54 Å². The molecule has 0 aliphatic heterocycles. The predicted octanol–water partition coefficient (Wildman–Crippen LogP) is 5.07. The third-order valence-electron chi connectivity index (χ3n) is 6.24. The van der Waals surface area contributed by atoms with Gasteiger partial charge in [0, 0.05) is 12.1 Å². The Morgan fingerprint density at radius 1 is 1.08 bits per heavy atom. The van der Waals surface area contributed by atoms with Crippen LogP contribution in [-0.4, -0.2) is 33.4 Å². The number of amides is 1. The lowest BCUT2D eigenvalue weighted by Crippen LogP contribution is -2.43. The first-order valence-corrected chi connectivity index (χ1v) is 12.3. The number of carbonyl (C=O) groups excluding carboxylic acids is 1. The molecule has 0 bridgehead atoms. The molecule has 188 valence electrons. The van der Waals surface area contributed by atoms with Crippen molar-refractivity contribution in [2.75, 3.05) is 13.1 Å². The molecule has 0 radical (unpaired) electrons. The van der Waals surface area contributed by atoms with E-state index in [1.54, 1.807) is 10.6 Å². The average molecular weight is 485 g/mol. The largest absolute Gasteiger partial charge is 0.330 e. The fraction of sp³-hybridized carbons (Fsp3) is 0.300. The summed E-state index contributed by atoms with van der Waals surface area (Å²) in [5, 5.41) is 0. The van der Waals surface area contributed by atoms with E-state index in [0.717, 1.165) is 11.1 Å². The third kappa shape index (κ3) is 5.89. The molecule has 0 aliphatic carbocycles. The second-order valence-electron chi connectivity index (χ2n) is 9.25. The first kappa shape index (κ1) is 26.8. The molecule has 1 heterocycles. The van der Waals surface area contributed by atoms with Crippen LogP contribution in [0, 0.1) is 12.8 Å². The van der Waals surface area contributed by atoms with Crippen molar-refractivity contribution in [3.8, 4) is 0 Å². The molecule has 1 atom stereocenters. The first-order valence-electron chi connectivity index (χ1n) is 12.3. The number of rotatable bonds is 11. The van der Waals surface area contributed by atoms with E-state index in [4.69, 9.17) is 10.7 Å². The maximum absolute atomic E-state index is 13.8. The van der Waals surface area contributed by atoms with Crippen molar-refractivity contribution >= 4 is 18.1 Å². The van der Waals surface area contributed by atoms with Gasteiger partial charge in [-0.05, 0) is 49.6 Å². The zero-order valence-corrected chi connectivity index (χ0v) is 21.5. The van der Waals surface area contributed by atoms with Gasteiger partial charge in [0.05, 0.1) is 23.8 Å². The Kier molecular flexibility index (Phi) is 9.14. The monoisotopic (exact) mass is 484 g/mol. The van der Waals surface area contributed by atoms with Crippen molar-refractivity contribution in [2.24, 2.45) is 11.7 Å². The molecule has 1 amide bonds. The van der Waals surface area contributed by atoms with Crippen molar-refractivity contribution in [3.63, 3.8) is 0 Å². The van der Waals surface area contributed by atoms with E-state index in [9.17, 15) is 9.59 Å². The SMILES string of the molecule is C=Cc1nc([C@@H](C(C)C)N(CCCN)C(=O)c2ccc(C)cc2)n(Cc2ccccc2)c(=O)c1C=C. The Bertz CT molecular complexity index is 1260. The number of aromatic nitrogens is 2. The van der Waals surface area contributed by atoms with Crippen LogP contribution in [0.1, 0.15) is 64.9 Å². The predicted molar refractivity (Wildman–Crippen MR) is 148 cm³/mol. The summed E-state index contributed by atoms with van der Waals surface area (Å²) in [5.74, 6) is 0.380. The van der Waals surface area contributed by atoms with Gasteiger partial charge in [-0.3, -0.25) is 14.2 Å². The number of hydrogen-bond donors (Lipinski definition) is 1. The maximum atomic E-state index is 13.8. The standard InChI is InChI=1S/C30H36N4O2/c1-6-25-26(7-2)32-28(34(30(25)36)20-23-12-9-8-10-13-23)27(21(3)4)33(19-11-18-31)29(35)24-16-14-22(5)15-17-24/h6-10,12-17,21,27H,1-2,11,18-20,31H2,3-5H3/t27-/m1/s1. The summed E-state index contributed by atoms with van der Waals surface area (Å²) in [4.78, 5) is 34.3. The molecule has 2 aromatic carbocycles. The highest BCUT2D eigenvalue weighted by atomic mass is 16.2. The molecule has 0 aliphatic rings. The fourth-order valence-electron chi connectivity index (χ4n) is 4.38. The number of nitrogens with zero attached hydrogens (tertiary/aromatic N) is 3. The van der Waals surface area contributed by atoms with Gasteiger partial charge in [0.2, 0.25) is 0 Å². The number of hydrogen-bond acceptors (Lipinski definition) is 4. The van der Waals surface area contributed by atoms with Gasteiger partial charge in [-0.25, -0.2) is 4.98 Å². The summed E-state index contributed by atoms with van der Waals surface area (Å²) >= 11 is 0. The van der Waals surface area contributed by atoms with E-state index >= 15 is 0 Å². The van der Waals surface area contributed by atoms with E-state index in [-0.39, 0.29) is 17.4 Å². The van der Waals surface area contributed by atoms with Crippen LogP contribution in [0.5, 0.6) is 0 Å². The molecule has 0 saturated heterocycles. The lowest BCUT2D eigenvalue weighted by Gasteiger charge is -2.36. The minimum atomic E-state index is -0.459. The van der Waals surface area contributed by atoms with Gasteiger partial charge in [-0.15, -0.1) is 0 Å². The van der Waals surface area contributed by atoms with E-state index in [2.05, 4.69) is 13.2 Å². The summed E-state index contributed by atoms with van der Waals surface area (Å²) in [7, 11) is 0. The third-order valence-corrected chi connectivity index (χ3v) is 6.24. The summed E-state index contributed by atoms with van der Waals surface area (Å²) in [6.45, 7) is 15.0. The molecule has 1 aromatic heterocycles. The van der Waals surface area contributed by atoms with Crippen LogP contribution in [0.4, 0.5) is 0 Å². The molecule has 3 aromatic rings. The van der Waals surface area contributed by atoms with Crippen LogP contribution in [0.25, 0.3) is 12.2 Å². The Balaban J connectivity index is 2.24. The smallest absolute Gasteiger partial charge is 0.261 e.